The lowest BCUT2D eigenvalue weighted by molar-refractivity contribution is -0.117. The van der Waals surface area contributed by atoms with Crippen molar-refractivity contribution < 1.29 is 17.6 Å². The summed E-state index contributed by atoms with van der Waals surface area (Å²) in [4.78, 5) is 25.9. The van der Waals surface area contributed by atoms with E-state index in [0.717, 1.165) is 17.7 Å². The number of anilines is 1. The summed E-state index contributed by atoms with van der Waals surface area (Å²) in [6.45, 7) is 1.74. The Labute approximate surface area is 214 Å². The van der Waals surface area contributed by atoms with E-state index in [1.807, 2.05) is 30.3 Å². The van der Waals surface area contributed by atoms with Crippen molar-refractivity contribution in [3.63, 3.8) is 0 Å². The maximum atomic E-state index is 13.5. The number of carbonyl (C=O) groups is 1. The van der Waals surface area contributed by atoms with Crippen molar-refractivity contribution in [1.82, 2.24) is 9.88 Å². The molecule has 3 aromatic carbocycles. The number of hydrogen-bond donors (Lipinski definition) is 2. The summed E-state index contributed by atoms with van der Waals surface area (Å²) in [5.74, 6) is -0.886. The molecule has 0 spiro atoms. The van der Waals surface area contributed by atoms with Crippen LogP contribution in [0.5, 0.6) is 0 Å². The maximum Gasteiger partial charge on any atom is 0.275 e. The highest BCUT2D eigenvalue weighted by molar-refractivity contribution is 7.91. The van der Waals surface area contributed by atoms with Crippen molar-refractivity contribution in [2.75, 3.05) is 12.4 Å². The Morgan fingerprint density at radius 3 is 2.30 bits per heavy atom. The SMILES string of the molecule is CNC(C)C(=O)Nc1ccc(-c2ccccc2)n(Cc2cccc(S(=O)(=O)c3ccc(F)cc3)c2)c1=O. The van der Waals surface area contributed by atoms with Gasteiger partial charge in [-0.2, -0.15) is 0 Å². The van der Waals surface area contributed by atoms with E-state index < -0.39 is 27.3 Å². The highest BCUT2D eigenvalue weighted by Crippen LogP contribution is 2.24. The van der Waals surface area contributed by atoms with Crippen LogP contribution < -0.4 is 16.2 Å². The van der Waals surface area contributed by atoms with E-state index in [4.69, 9.17) is 0 Å². The van der Waals surface area contributed by atoms with Gasteiger partial charge in [-0.25, -0.2) is 12.8 Å². The lowest BCUT2D eigenvalue weighted by Crippen LogP contribution is -2.37. The number of nitrogens with zero attached hydrogens (tertiary/aromatic N) is 1. The molecule has 0 aliphatic heterocycles. The molecular formula is C28H26FN3O4S. The smallest absolute Gasteiger partial charge is 0.275 e. The number of aromatic nitrogens is 1. The van der Waals surface area contributed by atoms with Crippen LogP contribution in [-0.2, 0) is 21.2 Å². The lowest BCUT2D eigenvalue weighted by Gasteiger charge is -2.17. The van der Waals surface area contributed by atoms with Crippen LogP contribution in [0, 0.1) is 5.82 Å². The molecule has 0 saturated carbocycles. The normalized spacial score (nSPS) is 12.2. The topological polar surface area (TPSA) is 97.3 Å². The number of sulfone groups is 1. The Balaban J connectivity index is 1.77. The van der Waals surface area contributed by atoms with Gasteiger partial charge in [0, 0.05) is 0 Å². The largest absolute Gasteiger partial charge is 0.320 e. The van der Waals surface area contributed by atoms with Crippen LogP contribution in [0.15, 0.2) is 106 Å². The molecule has 1 atom stereocenters. The predicted molar refractivity (Wildman–Crippen MR) is 141 cm³/mol. The molecule has 190 valence electrons. The van der Waals surface area contributed by atoms with Crippen LogP contribution in [-0.4, -0.2) is 32.0 Å². The quantitative estimate of drug-likeness (QED) is 0.342. The van der Waals surface area contributed by atoms with E-state index in [0.29, 0.717) is 11.3 Å². The Hall–Kier alpha value is -4.08. The molecule has 2 N–H and O–H groups in total. The molecule has 4 aromatic rings. The van der Waals surface area contributed by atoms with E-state index in [1.165, 1.54) is 28.8 Å². The fourth-order valence-corrected chi connectivity index (χ4v) is 5.14. The Bertz CT molecular complexity index is 1580. The average molecular weight is 520 g/mol. The molecule has 9 heteroatoms. The minimum atomic E-state index is -3.90. The van der Waals surface area contributed by atoms with Crippen molar-refractivity contribution in [3.05, 3.63) is 113 Å². The molecule has 4 rings (SSSR count). The molecule has 0 bridgehead atoms. The zero-order valence-corrected chi connectivity index (χ0v) is 21.1. The Kier molecular flexibility index (Phi) is 7.66. The van der Waals surface area contributed by atoms with Gasteiger partial charge in [0.05, 0.1) is 28.1 Å². The second-order valence-electron chi connectivity index (χ2n) is 8.49. The third-order valence-electron chi connectivity index (χ3n) is 6.00. The number of carbonyl (C=O) groups excluding carboxylic acids is 1. The highest BCUT2D eigenvalue weighted by atomic mass is 32.2. The van der Waals surface area contributed by atoms with Crippen molar-refractivity contribution in [2.45, 2.75) is 29.3 Å². The van der Waals surface area contributed by atoms with E-state index in [1.54, 1.807) is 38.2 Å². The molecule has 0 fully saturated rings. The zero-order chi connectivity index (χ0) is 26.6. The van der Waals surface area contributed by atoms with E-state index in [2.05, 4.69) is 10.6 Å². The van der Waals surface area contributed by atoms with Crippen LogP contribution in [0.4, 0.5) is 10.1 Å². The molecule has 0 aliphatic rings. The summed E-state index contributed by atoms with van der Waals surface area (Å²) in [6.07, 6.45) is 0. The summed E-state index contributed by atoms with van der Waals surface area (Å²) < 4.78 is 41.1. The molecule has 1 aromatic heterocycles. The summed E-state index contributed by atoms with van der Waals surface area (Å²) in [7, 11) is -2.25. The van der Waals surface area contributed by atoms with Crippen molar-refractivity contribution in [2.24, 2.45) is 0 Å². The zero-order valence-electron chi connectivity index (χ0n) is 20.3. The van der Waals surface area contributed by atoms with Gasteiger partial charge in [-0.15, -0.1) is 0 Å². The monoisotopic (exact) mass is 519 g/mol. The fourth-order valence-electron chi connectivity index (χ4n) is 3.81. The number of hydrogen-bond acceptors (Lipinski definition) is 5. The minimum absolute atomic E-state index is 0.0261. The first kappa shape index (κ1) is 26.0. The number of halogens is 1. The van der Waals surface area contributed by atoms with Gasteiger partial charge in [0.1, 0.15) is 11.5 Å². The van der Waals surface area contributed by atoms with Gasteiger partial charge in [-0.1, -0.05) is 42.5 Å². The molecule has 1 unspecified atom stereocenters. The van der Waals surface area contributed by atoms with Gasteiger partial charge >= 0.3 is 0 Å². The first-order chi connectivity index (χ1) is 17.7. The minimum Gasteiger partial charge on any atom is -0.320 e. The maximum absolute atomic E-state index is 13.5. The standard InChI is InChI=1S/C28H26FN3O4S/c1-19(30-2)27(33)31-25-15-16-26(21-8-4-3-5-9-21)32(28(25)34)18-20-7-6-10-24(17-20)37(35,36)23-13-11-22(29)12-14-23/h3-17,19,30H,18H2,1-2H3,(H,31,33). The van der Waals surface area contributed by atoms with Gasteiger partial charge in [0.15, 0.2) is 0 Å². The lowest BCUT2D eigenvalue weighted by atomic mass is 10.1. The van der Waals surface area contributed by atoms with Gasteiger partial charge in [-0.3, -0.25) is 9.59 Å². The van der Waals surface area contributed by atoms with E-state index in [-0.39, 0.29) is 27.9 Å². The number of benzene rings is 3. The average Bonchev–Trinajstić information content (AvgIpc) is 2.91. The van der Waals surface area contributed by atoms with Gasteiger partial charge < -0.3 is 15.2 Å². The van der Waals surface area contributed by atoms with Crippen LogP contribution in [0.2, 0.25) is 0 Å². The molecule has 37 heavy (non-hydrogen) atoms. The summed E-state index contributed by atoms with van der Waals surface area (Å²) in [5, 5.41) is 5.50. The van der Waals surface area contributed by atoms with Crippen LogP contribution >= 0.6 is 0 Å². The van der Waals surface area contributed by atoms with E-state index >= 15 is 0 Å². The third kappa shape index (κ3) is 5.68. The number of rotatable bonds is 8. The Morgan fingerprint density at radius 2 is 1.62 bits per heavy atom. The van der Waals surface area contributed by atoms with Crippen LogP contribution in [0.3, 0.4) is 0 Å². The fraction of sp³-hybridized carbons (Fsp3) is 0.143. The molecule has 0 saturated heterocycles. The molecule has 1 heterocycles. The van der Waals surface area contributed by atoms with Gasteiger partial charge in [-0.05, 0) is 73.6 Å². The second kappa shape index (κ2) is 10.9. The van der Waals surface area contributed by atoms with Crippen molar-refractivity contribution >= 4 is 21.4 Å². The van der Waals surface area contributed by atoms with Gasteiger partial charge in [0.25, 0.3) is 5.56 Å². The number of likely N-dealkylation sites (N-methyl/N-ethyl adjacent to an activating group) is 1. The molecule has 0 aliphatic carbocycles. The number of amides is 1. The third-order valence-corrected chi connectivity index (χ3v) is 7.77. The van der Waals surface area contributed by atoms with Gasteiger partial charge in [0.2, 0.25) is 15.7 Å². The first-order valence-electron chi connectivity index (χ1n) is 11.6. The summed E-state index contributed by atoms with van der Waals surface area (Å²) in [5.41, 5.74) is 1.65. The van der Waals surface area contributed by atoms with Crippen molar-refractivity contribution in [1.29, 1.82) is 0 Å². The van der Waals surface area contributed by atoms with Crippen LogP contribution in [0.1, 0.15) is 12.5 Å². The highest BCUT2D eigenvalue weighted by Gasteiger charge is 2.20. The second-order valence-corrected chi connectivity index (χ2v) is 10.4. The number of nitrogens with one attached hydrogen (secondary N) is 2. The predicted octanol–water partition coefficient (Wildman–Crippen LogP) is 4.08. The van der Waals surface area contributed by atoms with Crippen molar-refractivity contribution in [3.8, 4) is 11.3 Å². The molecule has 0 radical (unpaired) electrons. The molecule has 7 nitrogen and oxygen atoms in total. The van der Waals surface area contributed by atoms with Crippen LogP contribution in [0.25, 0.3) is 11.3 Å². The molecular weight excluding hydrogens is 493 g/mol. The first-order valence-corrected chi connectivity index (χ1v) is 13.1. The van der Waals surface area contributed by atoms with E-state index in [9.17, 15) is 22.4 Å². The molecule has 1 amide bonds. The summed E-state index contributed by atoms with van der Waals surface area (Å²) >= 11 is 0. The summed E-state index contributed by atoms with van der Waals surface area (Å²) in [6, 6.07) is 23.0. The number of pyridine rings is 1. The Morgan fingerprint density at radius 1 is 0.919 bits per heavy atom.